The maximum atomic E-state index is 12.6. The van der Waals surface area contributed by atoms with E-state index in [1.54, 1.807) is 0 Å². The van der Waals surface area contributed by atoms with Crippen molar-refractivity contribution in [2.24, 2.45) is 11.8 Å². The molecule has 0 aromatic carbocycles. The highest BCUT2D eigenvalue weighted by atomic mass is 16.7. The average Bonchev–Trinajstić information content (AvgIpc) is 3.32. The Balaban J connectivity index is 1.72. The van der Waals surface area contributed by atoms with Gasteiger partial charge in [-0.15, -0.1) is 0 Å². The molecule has 2 N–H and O–H groups in total. The van der Waals surface area contributed by atoms with Crippen LogP contribution in [0.15, 0.2) is 0 Å². The molecule has 2 heterocycles. The Morgan fingerprint density at radius 1 is 0.897 bits per heavy atom. The van der Waals surface area contributed by atoms with E-state index in [1.807, 2.05) is 13.8 Å². The van der Waals surface area contributed by atoms with Crippen molar-refractivity contribution < 1.29 is 34.1 Å². The van der Waals surface area contributed by atoms with Crippen LogP contribution in [-0.2, 0) is 19.1 Å². The highest BCUT2D eigenvalue weighted by Crippen LogP contribution is 2.25. The van der Waals surface area contributed by atoms with Crippen molar-refractivity contribution in [3.05, 3.63) is 0 Å². The average molecular weight is 412 g/mol. The molecule has 0 radical (unpaired) electrons. The standard InChI is InChI=1S/C20H32N2O7/c1-13(17(23)21-11-5-9-15(21)19(25)26)7-3-4-8-14(2)18(24)22-12-6-10-16(22)29-20(27)28/h13-16H,3-12H2,1-2H3,(H,25,26)(H,27,28)/t13?,14?,15-,16-/m1/s1. The minimum Gasteiger partial charge on any atom is -0.480 e. The third-order valence-corrected chi connectivity index (χ3v) is 5.91. The van der Waals surface area contributed by atoms with Gasteiger partial charge in [0.25, 0.3) is 0 Å². The number of carboxylic acid groups (broad SMARTS) is 2. The summed E-state index contributed by atoms with van der Waals surface area (Å²) in [6.07, 6.45) is 3.26. The summed E-state index contributed by atoms with van der Waals surface area (Å²) in [5.41, 5.74) is 0. The number of ether oxygens (including phenoxy) is 1. The molecule has 164 valence electrons. The Morgan fingerprint density at radius 3 is 1.97 bits per heavy atom. The van der Waals surface area contributed by atoms with Crippen LogP contribution in [0.3, 0.4) is 0 Å². The summed E-state index contributed by atoms with van der Waals surface area (Å²) in [5, 5.41) is 18.0. The molecule has 9 heteroatoms. The van der Waals surface area contributed by atoms with Crippen molar-refractivity contribution >= 4 is 23.9 Å². The molecule has 0 aromatic heterocycles. The highest BCUT2D eigenvalue weighted by Gasteiger charge is 2.36. The minimum absolute atomic E-state index is 0.0979. The van der Waals surface area contributed by atoms with E-state index in [2.05, 4.69) is 0 Å². The number of hydrogen-bond donors (Lipinski definition) is 2. The summed E-state index contributed by atoms with van der Waals surface area (Å²) < 4.78 is 4.79. The summed E-state index contributed by atoms with van der Waals surface area (Å²) in [4.78, 5) is 50.1. The Kier molecular flexibility index (Phi) is 8.28. The third-order valence-electron chi connectivity index (χ3n) is 5.91. The van der Waals surface area contributed by atoms with Crippen molar-refractivity contribution in [2.45, 2.75) is 77.5 Å². The van der Waals surface area contributed by atoms with E-state index >= 15 is 0 Å². The fourth-order valence-corrected chi connectivity index (χ4v) is 4.23. The number of aliphatic carboxylic acids is 1. The third kappa shape index (κ3) is 6.08. The van der Waals surface area contributed by atoms with Crippen LogP contribution in [0.1, 0.15) is 65.2 Å². The Morgan fingerprint density at radius 2 is 1.41 bits per heavy atom. The first-order valence-corrected chi connectivity index (χ1v) is 10.5. The fourth-order valence-electron chi connectivity index (χ4n) is 4.23. The maximum absolute atomic E-state index is 12.6. The lowest BCUT2D eigenvalue weighted by molar-refractivity contribution is -0.149. The number of rotatable bonds is 9. The zero-order chi connectivity index (χ0) is 21.6. The molecule has 2 rings (SSSR count). The van der Waals surface area contributed by atoms with E-state index in [0.29, 0.717) is 38.8 Å². The van der Waals surface area contributed by atoms with Gasteiger partial charge in [0.1, 0.15) is 6.04 Å². The summed E-state index contributed by atoms with van der Waals surface area (Å²) in [5.74, 6) is -1.63. The van der Waals surface area contributed by atoms with Gasteiger partial charge in [-0.2, -0.15) is 0 Å². The first-order valence-electron chi connectivity index (χ1n) is 10.5. The summed E-state index contributed by atoms with van der Waals surface area (Å²) in [6.45, 7) is 4.66. The van der Waals surface area contributed by atoms with Crippen LogP contribution in [0, 0.1) is 11.8 Å². The normalized spacial score (nSPS) is 23.7. The van der Waals surface area contributed by atoms with Gasteiger partial charge < -0.3 is 24.7 Å². The number of hydrogen-bond acceptors (Lipinski definition) is 5. The Labute approximate surface area is 171 Å². The van der Waals surface area contributed by atoms with E-state index in [0.717, 1.165) is 25.7 Å². The Bertz CT molecular complexity index is 624. The van der Waals surface area contributed by atoms with Crippen molar-refractivity contribution in [3.63, 3.8) is 0 Å². The van der Waals surface area contributed by atoms with Gasteiger partial charge in [0.15, 0.2) is 6.23 Å². The predicted molar refractivity (Wildman–Crippen MR) is 103 cm³/mol. The second-order valence-corrected chi connectivity index (χ2v) is 8.13. The van der Waals surface area contributed by atoms with E-state index < -0.39 is 24.4 Å². The molecule has 4 atom stereocenters. The fraction of sp³-hybridized carbons (Fsp3) is 0.800. The van der Waals surface area contributed by atoms with E-state index in [-0.39, 0.29) is 23.7 Å². The largest absolute Gasteiger partial charge is 0.507 e. The minimum atomic E-state index is -1.37. The maximum Gasteiger partial charge on any atom is 0.507 e. The summed E-state index contributed by atoms with van der Waals surface area (Å²) in [7, 11) is 0. The van der Waals surface area contributed by atoms with Gasteiger partial charge in [0.05, 0.1) is 0 Å². The number of unbranched alkanes of at least 4 members (excludes halogenated alkanes) is 1. The molecule has 2 amide bonds. The van der Waals surface area contributed by atoms with Crippen molar-refractivity contribution in [3.8, 4) is 0 Å². The molecule has 2 saturated heterocycles. The molecular formula is C20H32N2O7. The number of carbonyl (C=O) groups excluding carboxylic acids is 2. The second-order valence-electron chi connectivity index (χ2n) is 8.13. The molecular weight excluding hydrogens is 380 g/mol. The van der Waals surface area contributed by atoms with Crippen LogP contribution in [0.25, 0.3) is 0 Å². The van der Waals surface area contributed by atoms with Gasteiger partial charge >= 0.3 is 12.1 Å². The monoisotopic (exact) mass is 412 g/mol. The topological polar surface area (TPSA) is 124 Å². The van der Waals surface area contributed by atoms with Crippen LogP contribution < -0.4 is 0 Å². The molecule has 0 spiro atoms. The van der Waals surface area contributed by atoms with Crippen LogP contribution in [-0.4, -0.2) is 69.3 Å². The first-order chi connectivity index (χ1) is 13.7. The lowest BCUT2D eigenvalue weighted by Crippen LogP contribution is -2.43. The lowest BCUT2D eigenvalue weighted by atomic mass is 9.97. The van der Waals surface area contributed by atoms with Gasteiger partial charge in [-0.05, 0) is 32.1 Å². The molecule has 2 fully saturated rings. The summed E-state index contributed by atoms with van der Waals surface area (Å²) in [6, 6.07) is -0.705. The molecule has 2 aliphatic heterocycles. The number of amides is 2. The number of nitrogens with zero attached hydrogens (tertiary/aromatic N) is 2. The van der Waals surface area contributed by atoms with Crippen molar-refractivity contribution in [1.29, 1.82) is 0 Å². The van der Waals surface area contributed by atoms with Gasteiger partial charge in [0.2, 0.25) is 11.8 Å². The molecule has 0 aliphatic carbocycles. The molecule has 0 saturated carbocycles. The quantitative estimate of drug-likeness (QED) is 0.440. The zero-order valence-electron chi connectivity index (χ0n) is 17.2. The molecule has 9 nitrogen and oxygen atoms in total. The number of likely N-dealkylation sites (tertiary alicyclic amines) is 2. The van der Waals surface area contributed by atoms with Crippen molar-refractivity contribution in [1.82, 2.24) is 9.80 Å². The molecule has 0 bridgehead atoms. The van der Waals surface area contributed by atoms with Crippen LogP contribution in [0.5, 0.6) is 0 Å². The number of carboxylic acids is 1. The van der Waals surface area contributed by atoms with Crippen LogP contribution >= 0.6 is 0 Å². The van der Waals surface area contributed by atoms with Gasteiger partial charge in [-0.25, -0.2) is 9.59 Å². The zero-order valence-corrected chi connectivity index (χ0v) is 17.2. The number of carbonyl (C=O) groups is 4. The van der Waals surface area contributed by atoms with E-state index in [9.17, 15) is 24.3 Å². The van der Waals surface area contributed by atoms with Crippen LogP contribution in [0.2, 0.25) is 0 Å². The van der Waals surface area contributed by atoms with E-state index in [1.165, 1.54) is 9.80 Å². The van der Waals surface area contributed by atoms with Gasteiger partial charge in [0, 0.05) is 31.3 Å². The molecule has 0 aromatic rings. The Hall–Kier alpha value is -2.32. The van der Waals surface area contributed by atoms with Crippen LogP contribution in [0.4, 0.5) is 4.79 Å². The molecule has 2 unspecified atom stereocenters. The molecule has 2 aliphatic rings. The van der Waals surface area contributed by atoms with Gasteiger partial charge in [-0.1, -0.05) is 26.7 Å². The van der Waals surface area contributed by atoms with Crippen molar-refractivity contribution in [2.75, 3.05) is 13.1 Å². The first kappa shape index (κ1) is 23.0. The van der Waals surface area contributed by atoms with Gasteiger partial charge in [-0.3, -0.25) is 9.59 Å². The predicted octanol–water partition coefficient (Wildman–Crippen LogP) is 2.54. The molecule has 29 heavy (non-hydrogen) atoms. The summed E-state index contributed by atoms with van der Waals surface area (Å²) >= 11 is 0. The SMILES string of the molecule is CC(CCCCC(C)C(=O)N1CCC[C@H]1OC(=O)O)C(=O)N1CCC[C@@H]1C(=O)O. The smallest absolute Gasteiger partial charge is 0.480 e. The second kappa shape index (κ2) is 10.5. The highest BCUT2D eigenvalue weighted by molar-refractivity contribution is 5.85. The van der Waals surface area contributed by atoms with E-state index in [4.69, 9.17) is 9.84 Å². The lowest BCUT2D eigenvalue weighted by Gasteiger charge is -2.26.